The van der Waals surface area contributed by atoms with Crippen LogP contribution < -0.4 is 5.32 Å². The third-order valence-corrected chi connectivity index (χ3v) is 6.46. The molecule has 2 rings (SSSR count). The fourth-order valence-electron chi connectivity index (χ4n) is 3.11. The summed E-state index contributed by atoms with van der Waals surface area (Å²) in [6.07, 6.45) is 1.80. The van der Waals surface area contributed by atoms with Gasteiger partial charge in [-0.3, -0.25) is 4.99 Å². The molecule has 0 aliphatic carbocycles. The Hall–Kier alpha value is 0.270. The smallest absolute Gasteiger partial charge is 0.193 e. The maximum absolute atomic E-state index is 9.85. The normalized spacial score (nSPS) is 24.6. The first-order valence-electron chi connectivity index (χ1n) is 8.94. The zero-order valence-corrected chi connectivity index (χ0v) is 18.4. The average molecular weight is 471 g/mol. The number of hydrogen-bond acceptors (Lipinski definition) is 4. The molecule has 0 radical (unpaired) electrons. The lowest BCUT2D eigenvalue weighted by atomic mass is 9.81. The second-order valence-corrected chi connectivity index (χ2v) is 8.39. The summed E-state index contributed by atoms with van der Waals surface area (Å²) in [6.45, 7) is 12.1. The van der Waals surface area contributed by atoms with E-state index >= 15 is 0 Å². The van der Waals surface area contributed by atoms with E-state index in [2.05, 4.69) is 42.7 Å². The molecular formula is C17H34IN3O2S. The van der Waals surface area contributed by atoms with Gasteiger partial charge in [0.15, 0.2) is 5.96 Å². The maximum Gasteiger partial charge on any atom is 0.193 e. The van der Waals surface area contributed by atoms with Crippen LogP contribution in [0.1, 0.15) is 33.6 Å². The van der Waals surface area contributed by atoms with Gasteiger partial charge in [-0.25, -0.2) is 0 Å². The maximum atomic E-state index is 9.85. The van der Waals surface area contributed by atoms with Gasteiger partial charge in [-0.1, -0.05) is 13.8 Å². The van der Waals surface area contributed by atoms with Crippen molar-refractivity contribution in [1.82, 2.24) is 10.2 Å². The van der Waals surface area contributed by atoms with E-state index in [9.17, 15) is 5.11 Å². The first-order chi connectivity index (χ1) is 11.1. The monoisotopic (exact) mass is 471 g/mol. The first-order valence-corrected chi connectivity index (χ1v) is 9.98. The van der Waals surface area contributed by atoms with Crippen molar-refractivity contribution in [2.24, 2.45) is 16.3 Å². The summed E-state index contributed by atoms with van der Waals surface area (Å²) in [4.78, 5) is 7.30. The molecule has 0 bridgehead atoms. The number of rotatable bonds is 5. The largest absolute Gasteiger partial charge is 0.396 e. The molecule has 2 fully saturated rings. The van der Waals surface area contributed by atoms with Crippen LogP contribution in [0.2, 0.25) is 0 Å². The first kappa shape index (κ1) is 22.3. The third kappa shape index (κ3) is 6.21. The highest BCUT2D eigenvalue weighted by molar-refractivity contribution is 14.0. The molecule has 1 atom stereocenters. The molecule has 24 heavy (non-hydrogen) atoms. The SMILES string of the molecule is CCNC(=NCC1(CO)CCOCC1)N1CCSC(C(C)C)C1.I. The van der Waals surface area contributed by atoms with E-state index in [0.29, 0.717) is 17.7 Å². The van der Waals surface area contributed by atoms with Crippen molar-refractivity contribution in [2.75, 3.05) is 51.8 Å². The Kier molecular flexibility index (Phi) is 10.3. The Bertz CT molecular complexity index is 390. The van der Waals surface area contributed by atoms with Gasteiger partial charge in [0.25, 0.3) is 0 Å². The summed E-state index contributed by atoms with van der Waals surface area (Å²) < 4.78 is 5.45. The molecule has 0 spiro atoms. The number of hydrogen-bond donors (Lipinski definition) is 2. The molecule has 2 aliphatic heterocycles. The predicted octanol–water partition coefficient (Wildman–Crippen LogP) is 2.43. The van der Waals surface area contributed by atoms with E-state index in [1.165, 1.54) is 0 Å². The van der Waals surface area contributed by atoms with Gasteiger partial charge in [-0.2, -0.15) is 11.8 Å². The predicted molar refractivity (Wildman–Crippen MR) is 114 cm³/mol. The number of nitrogens with zero attached hydrogens (tertiary/aromatic N) is 2. The molecular weight excluding hydrogens is 437 g/mol. The van der Waals surface area contributed by atoms with E-state index in [-0.39, 0.29) is 36.0 Å². The Labute approximate surface area is 168 Å². The lowest BCUT2D eigenvalue weighted by molar-refractivity contribution is -0.0107. The van der Waals surface area contributed by atoms with E-state index < -0.39 is 0 Å². The van der Waals surface area contributed by atoms with Crippen molar-refractivity contribution in [2.45, 2.75) is 38.9 Å². The zero-order chi connectivity index (χ0) is 16.7. The standard InChI is InChI=1S/C17H33N3O2S.HI/c1-4-18-16(20-7-10-23-15(11-20)14(2)3)19-12-17(13-21)5-8-22-9-6-17;/h14-15,21H,4-13H2,1-3H3,(H,18,19);1H. The lowest BCUT2D eigenvalue weighted by Crippen LogP contribution is -2.49. The fraction of sp³-hybridized carbons (Fsp3) is 0.941. The molecule has 2 aliphatic rings. The summed E-state index contributed by atoms with van der Waals surface area (Å²) in [5.74, 6) is 2.86. The zero-order valence-electron chi connectivity index (χ0n) is 15.3. The molecule has 7 heteroatoms. The molecule has 1 unspecified atom stereocenters. The highest BCUT2D eigenvalue weighted by Crippen LogP contribution is 2.30. The lowest BCUT2D eigenvalue weighted by Gasteiger charge is -2.38. The van der Waals surface area contributed by atoms with Gasteiger partial charge in [0.05, 0.1) is 13.2 Å². The number of thioether (sulfide) groups is 1. The summed E-state index contributed by atoms with van der Waals surface area (Å²) in [7, 11) is 0. The van der Waals surface area contributed by atoms with E-state index in [4.69, 9.17) is 9.73 Å². The molecule has 2 heterocycles. The van der Waals surface area contributed by atoms with Crippen LogP contribution in [-0.4, -0.2) is 73.0 Å². The number of halogens is 1. The minimum absolute atomic E-state index is 0. The minimum atomic E-state index is -0.0963. The average Bonchev–Trinajstić information content (AvgIpc) is 2.59. The van der Waals surface area contributed by atoms with Crippen molar-refractivity contribution in [3.8, 4) is 0 Å². The van der Waals surface area contributed by atoms with E-state index in [1.54, 1.807) is 0 Å². The van der Waals surface area contributed by atoms with Crippen LogP contribution in [-0.2, 0) is 4.74 Å². The topological polar surface area (TPSA) is 57.1 Å². The van der Waals surface area contributed by atoms with Gasteiger partial charge in [0.2, 0.25) is 0 Å². The number of guanidine groups is 1. The molecule has 0 saturated carbocycles. The molecule has 0 aromatic carbocycles. The van der Waals surface area contributed by atoms with Crippen LogP contribution in [0.3, 0.4) is 0 Å². The number of aliphatic hydroxyl groups is 1. The van der Waals surface area contributed by atoms with E-state index in [1.807, 2.05) is 0 Å². The van der Waals surface area contributed by atoms with Crippen LogP contribution in [0.5, 0.6) is 0 Å². The highest BCUT2D eigenvalue weighted by atomic mass is 127. The Balaban J connectivity index is 0.00000288. The van der Waals surface area contributed by atoms with Crippen molar-refractivity contribution in [3.05, 3.63) is 0 Å². The van der Waals surface area contributed by atoms with Gasteiger partial charge >= 0.3 is 0 Å². The van der Waals surface area contributed by atoms with Gasteiger partial charge in [0, 0.05) is 49.3 Å². The number of nitrogens with one attached hydrogen (secondary N) is 1. The van der Waals surface area contributed by atoms with Gasteiger partial charge < -0.3 is 20.1 Å². The Morgan fingerprint density at radius 3 is 2.71 bits per heavy atom. The summed E-state index contributed by atoms with van der Waals surface area (Å²) in [5, 5.41) is 14.0. The number of aliphatic hydroxyl groups excluding tert-OH is 1. The van der Waals surface area contributed by atoms with Gasteiger partial charge in [-0.05, 0) is 25.7 Å². The molecule has 5 nitrogen and oxygen atoms in total. The van der Waals surface area contributed by atoms with Crippen molar-refractivity contribution in [3.63, 3.8) is 0 Å². The minimum Gasteiger partial charge on any atom is -0.396 e. The molecule has 2 saturated heterocycles. The molecule has 2 N–H and O–H groups in total. The second-order valence-electron chi connectivity index (χ2n) is 7.04. The van der Waals surface area contributed by atoms with Gasteiger partial charge in [0.1, 0.15) is 0 Å². The number of ether oxygens (including phenoxy) is 1. The molecule has 0 aromatic heterocycles. The molecule has 142 valence electrons. The Morgan fingerprint density at radius 2 is 2.12 bits per heavy atom. The van der Waals surface area contributed by atoms with Crippen LogP contribution in [0.25, 0.3) is 0 Å². The highest BCUT2D eigenvalue weighted by Gasteiger charge is 2.32. The third-order valence-electron chi connectivity index (χ3n) is 4.92. The summed E-state index contributed by atoms with van der Waals surface area (Å²) >= 11 is 2.08. The molecule has 0 aromatic rings. The van der Waals surface area contributed by atoms with Crippen molar-refractivity contribution in [1.29, 1.82) is 0 Å². The summed E-state index contributed by atoms with van der Waals surface area (Å²) in [5.41, 5.74) is -0.0963. The Morgan fingerprint density at radius 1 is 1.42 bits per heavy atom. The second kappa shape index (κ2) is 11.1. The fourth-order valence-corrected chi connectivity index (χ4v) is 4.41. The van der Waals surface area contributed by atoms with Crippen LogP contribution in [0.4, 0.5) is 0 Å². The van der Waals surface area contributed by atoms with Gasteiger partial charge in [-0.15, -0.1) is 24.0 Å². The van der Waals surface area contributed by atoms with Crippen LogP contribution in [0, 0.1) is 11.3 Å². The summed E-state index contributed by atoms with van der Waals surface area (Å²) in [6, 6.07) is 0. The quantitative estimate of drug-likeness (QED) is 0.367. The van der Waals surface area contributed by atoms with Crippen molar-refractivity contribution >= 4 is 41.7 Å². The molecule has 0 amide bonds. The van der Waals surface area contributed by atoms with Crippen LogP contribution >= 0.6 is 35.7 Å². The van der Waals surface area contributed by atoms with Crippen molar-refractivity contribution < 1.29 is 9.84 Å². The van der Waals surface area contributed by atoms with Crippen LogP contribution in [0.15, 0.2) is 4.99 Å². The number of aliphatic imine (C=N–C) groups is 1. The van der Waals surface area contributed by atoms with E-state index in [0.717, 1.165) is 57.4 Å².